The summed E-state index contributed by atoms with van der Waals surface area (Å²) in [4.78, 5) is 8.19. The first kappa shape index (κ1) is 22.3. The molecule has 1 rings (SSSR count). The van der Waals surface area contributed by atoms with Crippen molar-refractivity contribution < 1.29 is 16.8 Å². The monoisotopic (exact) mass is 405 g/mol. The van der Waals surface area contributed by atoms with E-state index in [1.54, 1.807) is 6.07 Å². The molecule has 0 saturated carbocycles. The van der Waals surface area contributed by atoms with Gasteiger partial charge in [0.25, 0.3) is 0 Å². The molecule has 0 bridgehead atoms. The maximum Gasteiger partial charge on any atom is 0.242 e. The number of pyridine rings is 1. The molecule has 0 aliphatic carbocycles. The van der Waals surface area contributed by atoms with Gasteiger partial charge in [0.15, 0.2) is 5.96 Å². The highest BCUT2D eigenvalue weighted by Crippen LogP contribution is 2.04. The zero-order chi connectivity index (χ0) is 19.6. The van der Waals surface area contributed by atoms with E-state index in [1.807, 2.05) is 13.8 Å². The van der Waals surface area contributed by atoms with Crippen molar-refractivity contribution in [2.45, 2.75) is 31.2 Å². The molecule has 1 aromatic heterocycles. The number of sulfonamides is 1. The SMILES string of the molecule is CCNC(=NCCNS(=O)(=O)c1cccnc1)NC(C)CCS(C)(=O)=O. The normalized spacial score (nSPS) is 14.0. The molecule has 148 valence electrons. The minimum atomic E-state index is -3.61. The zero-order valence-corrected chi connectivity index (χ0v) is 16.9. The summed E-state index contributed by atoms with van der Waals surface area (Å²) in [6.07, 6.45) is 4.44. The van der Waals surface area contributed by atoms with Gasteiger partial charge in [-0.1, -0.05) is 0 Å². The Morgan fingerprint density at radius 3 is 2.62 bits per heavy atom. The van der Waals surface area contributed by atoms with Crippen LogP contribution in [-0.2, 0) is 19.9 Å². The lowest BCUT2D eigenvalue weighted by Gasteiger charge is -2.17. The van der Waals surface area contributed by atoms with Crippen LogP contribution in [-0.4, -0.2) is 65.5 Å². The summed E-state index contributed by atoms with van der Waals surface area (Å²) in [7, 11) is -6.62. The summed E-state index contributed by atoms with van der Waals surface area (Å²) in [5.74, 6) is 0.597. The Kier molecular flexibility index (Phi) is 8.96. The number of hydrogen-bond donors (Lipinski definition) is 3. The van der Waals surface area contributed by atoms with E-state index in [-0.39, 0.29) is 29.8 Å². The van der Waals surface area contributed by atoms with Crippen LogP contribution < -0.4 is 15.4 Å². The van der Waals surface area contributed by atoms with Crippen molar-refractivity contribution in [3.8, 4) is 0 Å². The molecule has 1 aromatic rings. The fourth-order valence-electron chi connectivity index (χ4n) is 1.95. The lowest BCUT2D eigenvalue weighted by molar-refractivity contribution is 0.580. The van der Waals surface area contributed by atoms with Crippen LogP contribution >= 0.6 is 0 Å². The van der Waals surface area contributed by atoms with Crippen molar-refractivity contribution in [2.24, 2.45) is 4.99 Å². The van der Waals surface area contributed by atoms with E-state index in [2.05, 4.69) is 25.3 Å². The Labute approximate surface area is 155 Å². The van der Waals surface area contributed by atoms with Crippen molar-refractivity contribution in [1.29, 1.82) is 0 Å². The van der Waals surface area contributed by atoms with Gasteiger partial charge in [0.05, 0.1) is 12.3 Å². The van der Waals surface area contributed by atoms with Gasteiger partial charge < -0.3 is 10.6 Å². The number of hydrogen-bond acceptors (Lipinski definition) is 6. The molecule has 1 atom stereocenters. The Hall–Kier alpha value is -1.72. The summed E-state index contributed by atoms with van der Waals surface area (Å²) in [5, 5.41) is 6.15. The van der Waals surface area contributed by atoms with Crippen molar-refractivity contribution in [1.82, 2.24) is 20.3 Å². The molecular formula is C15H27N5O4S2. The molecule has 9 nitrogen and oxygen atoms in total. The molecule has 26 heavy (non-hydrogen) atoms. The molecule has 1 heterocycles. The van der Waals surface area contributed by atoms with E-state index in [1.165, 1.54) is 24.7 Å². The van der Waals surface area contributed by atoms with E-state index < -0.39 is 19.9 Å². The average molecular weight is 406 g/mol. The third kappa shape index (κ3) is 9.11. The quantitative estimate of drug-likeness (QED) is 0.278. The van der Waals surface area contributed by atoms with Crippen LogP contribution in [0.2, 0.25) is 0 Å². The first-order valence-electron chi connectivity index (χ1n) is 8.26. The molecule has 0 saturated heterocycles. The maximum atomic E-state index is 12.1. The second-order valence-electron chi connectivity index (χ2n) is 5.81. The summed E-state index contributed by atoms with van der Waals surface area (Å²) < 4.78 is 49.1. The van der Waals surface area contributed by atoms with Gasteiger partial charge in [0, 0.05) is 37.8 Å². The van der Waals surface area contributed by atoms with Crippen LogP contribution in [0.15, 0.2) is 34.4 Å². The number of aliphatic imine (C=N–C) groups is 1. The number of guanidine groups is 1. The van der Waals surface area contributed by atoms with Crippen LogP contribution in [0.5, 0.6) is 0 Å². The summed E-state index contributed by atoms with van der Waals surface area (Å²) in [6, 6.07) is 2.93. The first-order valence-corrected chi connectivity index (χ1v) is 11.8. The fraction of sp³-hybridized carbons (Fsp3) is 0.600. The topological polar surface area (TPSA) is 130 Å². The van der Waals surface area contributed by atoms with Crippen molar-refractivity contribution in [3.05, 3.63) is 24.5 Å². The lowest BCUT2D eigenvalue weighted by Crippen LogP contribution is -2.43. The third-order valence-corrected chi connectivity index (χ3v) is 5.69. The number of sulfone groups is 1. The van der Waals surface area contributed by atoms with Crippen LogP contribution in [0.4, 0.5) is 0 Å². The smallest absolute Gasteiger partial charge is 0.242 e. The third-order valence-electron chi connectivity index (χ3n) is 3.27. The van der Waals surface area contributed by atoms with Crippen LogP contribution in [0.25, 0.3) is 0 Å². The van der Waals surface area contributed by atoms with E-state index in [4.69, 9.17) is 0 Å². The predicted molar refractivity (Wildman–Crippen MR) is 102 cm³/mol. The molecule has 0 radical (unpaired) electrons. The second kappa shape index (κ2) is 10.4. The molecule has 0 amide bonds. The molecule has 0 fully saturated rings. The second-order valence-corrected chi connectivity index (χ2v) is 9.84. The Morgan fingerprint density at radius 2 is 2.04 bits per heavy atom. The Bertz CT molecular complexity index is 780. The van der Waals surface area contributed by atoms with Gasteiger partial charge in [0.2, 0.25) is 10.0 Å². The van der Waals surface area contributed by atoms with Crippen LogP contribution in [0.1, 0.15) is 20.3 Å². The van der Waals surface area contributed by atoms with Crippen LogP contribution in [0, 0.1) is 0 Å². The van der Waals surface area contributed by atoms with E-state index in [0.29, 0.717) is 18.9 Å². The van der Waals surface area contributed by atoms with Crippen molar-refractivity contribution in [3.63, 3.8) is 0 Å². The lowest BCUT2D eigenvalue weighted by atomic mass is 10.3. The van der Waals surface area contributed by atoms with Gasteiger partial charge >= 0.3 is 0 Å². The zero-order valence-electron chi connectivity index (χ0n) is 15.3. The van der Waals surface area contributed by atoms with Gasteiger partial charge in [-0.05, 0) is 32.4 Å². The maximum absolute atomic E-state index is 12.1. The highest BCUT2D eigenvalue weighted by molar-refractivity contribution is 7.90. The number of nitrogens with one attached hydrogen (secondary N) is 3. The van der Waals surface area contributed by atoms with Gasteiger partial charge in [-0.15, -0.1) is 0 Å². The fourth-order valence-corrected chi connectivity index (χ4v) is 3.72. The molecule has 0 aliphatic heterocycles. The first-order chi connectivity index (χ1) is 12.1. The molecule has 0 spiro atoms. The van der Waals surface area contributed by atoms with Gasteiger partial charge in [0.1, 0.15) is 14.7 Å². The van der Waals surface area contributed by atoms with Crippen molar-refractivity contribution in [2.75, 3.05) is 31.6 Å². The highest BCUT2D eigenvalue weighted by Gasteiger charge is 2.13. The van der Waals surface area contributed by atoms with Crippen LogP contribution in [0.3, 0.4) is 0 Å². The highest BCUT2D eigenvalue weighted by atomic mass is 32.2. The largest absolute Gasteiger partial charge is 0.357 e. The number of nitrogens with zero attached hydrogens (tertiary/aromatic N) is 2. The Morgan fingerprint density at radius 1 is 1.31 bits per heavy atom. The minimum absolute atomic E-state index is 0.0883. The predicted octanol–water partition coefficient (Wildman–Crippen LogP) is -0.262. The van der Waals surface area contributed by atoms with Crippen molar-refractivity contribution >= 4 is 25.8 Å². The molecule has 3 N–H and O–H groups in total. The summed E-state index contributed by atoms with van der Waals surface area (Å²) in [6.45, 7) is 4.76. The standard InChI is InChI=1S/C15H27N5O4S2/c1-4-17-15(20-13(2)7-11-25(3,21)22)18-9-10-19-26(23,24)14-6-5-8-16-12-14/h5-6,8,12-13,19H,4,7,9-11H2,1-3H3,(H2,17,18,20). The molecule has 1 unspecified atom stereocenters. The van der Waals surface area contributed by atoms with Gasteiger partial charge in [-0.25, -0.2) is 21.6 Å². The summed E-state index contributed by atoms with van der Waals surface area (Å²) >= 11 is 0. The van der Waals surface area contributed by atoms with Gasteiger partial charge in [-0.2, -0.15) is 0 Å². The molecule has 0 aliphatic rings. The van der Waals surface area contributed by atoms with E-state index >= 15 is 0 Å². The summed E-state index contributed by atoms with van der Waals surface area (Å²) in [5.41, 5.74) is 0. The minimum Gasteiger partial charge on any atom is -0.357 e. The van der Waals surface area contributed by atoms with E-state index in [9.17, 15) is 16.8 Å². The molecular weight excluding hydrogens is 378 g/mol. The van der Waals surface area contributed by atoms with Gasteiger partial charge in [-0.3, -0.25) is 9.98 Å². The number of aromatic nitrogens is 1. The van der Waals surface area contributed by atoms with E-state index in [0.717, 1.165) is 0 Å². The Balaban J connectivity index is 2.53. The molecule has 11 heteroatoms. The number of rotatable bonds is 10. The average Bonchev–Trinajstić information content (AvgIpc) is 2.57. The molecule has 0 aromatic carbocycles.